The lowest BCUT2D eigenvalue weighted by molar-refractivity contribution is 0.782. The highest BCUT2D eigenvalue weighted by Gasteiger charge is 2.13. The van der Waals surface area contributed by atoms with Gasteiger partial charge in [-0.15, -0.1) is 0 Å². The van der Waals surface area contributed by atoms with E-state index >= 15 is 0 Å². The van der Waals surface area contributed by atoms with Crippen LogP contribution in [0, 0.1) is 0 Å². The van der Waals surface area contributed by atoms with Crippen molar-refractivity contribution in [2.45, 2.75) is 13.1 Å². The van der Waals surface area contributed by atoms with E-state index in [1.165, 1.54) is 44.1 Å². The maximum atomic E-state index is 2.38. The molecule has 2 heteroatoms. The smallest absolute Gasteiger partial charge is 0.0489 e. The van der Waals surface area contributed by atoms with Gasteiger partial charge in [-0.3, -0.25) is 0 Å². The SMILES string of the molecule is C1=C\c2cn(c3ccccc23)Cc2ccccc2Cn2cc/1c1ccccc12. The summed E-state index contributed by atoms with van der Waals surface area (Å²) in [5, 5.41) is 2.61. The Bertz CT molecular complexity index is 1260. The lowest BCUT2D eigenvalue weighted by Gasteiger charge is -2.13. The number of benzene rings is 3. The third-order valence-electron chi connectivity index (χ3n) is 5.88. The van der Waals surface area contributed by atoms with Gasteiger partial charge in [-0.25, -0.2) is 0 Å². The van der Waals surface area contributed by atoms with E-state index < -0.39 is 0 Å². The summed E-state index contributed by atoms with van der Waals surface area (Å²) in [6, 6.07) is 26.2. The predicted molar refractivity (Wildman–Crippen MR) is 117 cm³/mol. The number of aromatic nitrogens is 2. The summed E-state index contributed by atoms with van der Waals surface area (Å²) in [6.45, 7) is 1.77. The second-order valence-electron chi connectivity index (χ2n) is 7.56. The second-order valence-corrected chi connectivity index (χ2v) is 7.56. The van der Waals surface area contributed by atoms with Gasteiger partial charge < -0.3 is 9.13 Å². The van der Waals surface area contributed by atoms with Gasteiger partial charge in [-0.2, -0.15) is 0 Å². The first-order valence-electron chi connectivity index (χ1n) is 9.77. The molecule has 2 nitrogen and oxygen atoms in total. The van der Waals surface area contributed by atoms with Crippen molar-refractivity contribution < 1.29 is 0 Å². The zero-order valence-electron chi connectivity index (χ0n) is 15.5. The van der Waals surface area contributed by atoms with Crippen molar-refractivity contribution in [3.63, 3.8) is 0 Å². The Morgan fingerprint density at radius 2 is 0.929 bits per heavy atom. The van der Waals surface area contributed by atoms with Crippen LogP contribution in [0.1, 0.15) is 22.3 Å². The quantitative estimate of drug-likeness (QED) is 0.306. The van der Waals surface area contributed by atoms with Crippen LogP contribution in [-0.2, 0) is 13.1 Å². The highest BCUT2D eigenvalue weighted by molar-refractivity contribution is 5.96. The summed E-state index contributed by atoms with van der Waals surface area (Å²) in [4.78, 5) is 0. The van der Waals surface area contributed by atoms with E-state index in [-0.39, 0.29) is 0 Å². The number of hydrogen-bond donors (Lipinski definition) is 0. The van der Waals surface area contributed by atoms with Crippen molar-refractivity contribution in [2.24, 2.45) is 0 Å². The largest absolute Gasteiger partial charge is 0.342 e. The van der Waals surface area contributed by atoms with Crippen LogP contribution in [0.25, 0.3) is 34.0 Å². The molecule has 0 saturated heterocycles. The molecule has 0 N–H and O–H groups in total. The predicted octanol–water partition coefficient (Wildman–Crippen LogP) is 6.18. The molecule has 0 amide bonds. The Balaban J connectivity index is 1.68. The van der Waals surface area contributed by atoms with Gasteiger partial charge in [0.05, 0.1) is 0 Å². The number of fused-ring (bicyclic) bond motifs is 11. The maximum Gasteiger partial charge on any atom is 0.0489 e. The third kappa shape index (κ3) is 2.35. The summed E-state index contributed by atoms with van der Waals surface area (Å²) in [5.41, 5.74) is 7.86. The van der Waals surface area contributed by atoms with Crippen molar-refractivity contribution in [1.82, 2.24) is 9.13 Å². The zero-order valence-corrected chi connectivity index (χ0v) is 15.5. The van der Waals surface area contributed by atoms with Gasteiger partial charge in [0.15, 0.2) is 0 Å². The van der Waals surface area contributed by atoms with Gasteiger partial charge in [-0.05, 0) is 23.3 Å². The molecule has 0 spiro atoms. The minimum absolute atomic E-state index is 0.886. The van der Waals surface area contributed by atoms with Crippen molar-refractivity contribution in [3.05, 3.63) is 107 Å². The van der Waals surface area contributed by atoms with Gasteiger partial charge >= 0.3 is 0 Å². The Hall–Kier alpha value is -3.52. The summed E-state index contributed by atoms with van der Waals surface area (Å²) in [7, 11) is 0. The molecular weight excluding hydrogens is 340 g/mol. The van der Waals surface area contributed by atoms with Crippen LogP contribution in [0.15, 0.2) is 85.2 Å². The molecule has 0 unspecified atom stereocenters. The molecular formula is C26H20N2. The molecule has 1 aliphatic heterocycles. The minimum Gasteiger partial charge on any atom is -0.342 e. The Labute approximate surface area is 164 Å². The Morgan fingerprint density at radius 3 is 1.43 bits per heavy atom. The normalized spacial score (nSPS) is 14.4. The van der Waals surface area contributed by atoms with Crippen molar-refractivity contribution in [3.8, 4) is 0 Å². The highest BCUT2D eigenvalue weighted by atomic mass is 15.0. The van der Waals surface area contributed by atoms with Crippen LogP contribution in [0.4, 0.5) is 0 Å². The van der Waals surface area contributed by atoms with Crippen molar-refractivity contribution in [2.75, 3.05) is 0 Å². The zero-order chi connectivity index (χ0) is 18.5. The number of hydrogen-bond acceptors (Lipinski definition) is 0. The molecule has 3 heterocycles. The van der Waals surface area contributed by atoms with Crippen LogP contribution in [-0.4, -0.2) is 9.13 Å². The fraction of sp³-hybridized carbons (Fsp3) is 0.0769. The first kappa shape index (κ1) is 15.5. The number of nitrogens with zero attached hydrogens (tertiary/aromatic N) is 2. The van der Waals surface area contributed by atoms with Crippen LogP contribution < -0.4 is 0 Å². The Morgan fingerprint density at radius 1 is 0.500 bits per heavy atom. The van der Waals surface area contributed by atoms with E-state index in [1.54, 1.807) is 0 Å². The second kappa shape index (κ2) is 6.00. The third-order valence-corrected chi connectivity index (χ3v) is 5.88. The number of rotatable bonds is 0. The van der Waals surface area contributed by atoms with Gasteiger partial charge in [0.1, 0.15) is 0 Å². The highest BCUT2D eigenvalue weighted by Crippen LogP contribution is 2.29. The van der Waals surface area contributed by atoms with Gasteiger partial charge in [-0.1, -0.05) is 72.8 Å². The molecule has 0 fully saturated rings. The molecule has 5 aromatic rings. The molecule has 134 valence electrons. The molecule has 4 bridgehead atoms. The summed E-state index contributed by atoms with van der Waals surface area (Å²) < 4.78 is 4.77. The van der Waals surface area contributed by atoms with Gasteiger partial charge in [0.2, 0.25) is 0 Å². The van der Waals surface area contributed by atoms with Crippen LogP contribution in [0.2, 0.25) is 0 Å². The molecule has 0 aliphatic carbocycles. The molecule has 0 radical (unpaired) electrons. The average Bonchev–Trinajstić information content (AvgIpc) is 3.26. The van der Waals surface area contributed by atoms with E-state index in [1.807, 2.05) is 0 Å². The maximum absolute atomic E-state index is 2.38. The molecule has 0 atom stereocenters. The summed E-state index contributed by atoms with van der Waals surface area (Å²) in [5.74, 6) is 0. The summed E-state index contributed by atoms with van der Waals surface area (Å²) in [6.07, 6.45) is 9.11. The van der Waals surface area contributed by atoms with Crippen LogP contribution in [0.5, 0.6) is 0 Å². The molecule has 6 rings (SSSR count). The lowest BCUT2D eigenvalue weighted by Crippen LogP contribution is -2.05. The van der Waals surface area contributed by atoms with Crippen LogP contribution >= 0.6 is 0 Å². The monoisotopic (exact) mass is 360 g/mol. The fourth-order valence-corrected chi connectivity index (χ4v) is 4.49. The van der Waals surface area contributed by atoms with E-state index in [4.69, 9.17) is 0 Å². The molecule has 0 saturated carbocycles. The first-order chi connectivity index (χ1) is 13.9. The van der Waals surface area contributed by atoms with E-state index in [2.05, 4.69) is 106 Å². The van der Waals surface area contributed by atoms with E-state index in [0.717, 1.165) is 13.1 Å². The van der Waals surface area contributed by atoms with Crippen molar-refractivity contribution >= 4 is 34.0 Å². The summed E-state index contributed by atoms with van der Waals surface area (Å²) >= 11 is 0. The number of para-hydroxylation sites is 2. The fourth-order valence-electron chi connectivity index (χ4n) is 4.49. The standard InChI is InChI=1S/C26H20N2/c1-2-8-20-16-28-18-22(24-10-4-6-12-26(24)28)14-13-21-17-27(15-19(20)7-1)25-11-5-3-9-23(21)25/h1-14,17-18H,15-16H2/b14-13-. The molecule has 1 aliphatic rings. The molecule has 2 aromatic heterocycles. The Kier molecular flexibility index (Phi) is 3.33. The lowest BCUT2D eigenvalue weighted by atomic mass is 10.1. The minimum atomic E-state index is 0.886. The first-order valence-corrected chi connectivity index (χ1v) is 9.77. The van der Waals surface area contributed by atoms with Gasteiger partial charge in [0.25, 0.3) is 0 Å². The van der Waals surface area contributed by atoms with Crippen LogP contribution in [0.3, 0.4) is 0 Å². The molecule has 28 heavy (non-hydrogen) atoms. The molecule has 3 aromatic carbocycles. The van der Waals surface area contributed by atoms with Gasteiger partial charge in [0, 0.05) is 58.4 Å². The van der Waals surface area contributed by atoms with E-state index in [9.17, 15) is 0 Å². The average molecular weight is 360 g/mol. The van der Waals surface area contributed by atoms with Crippen molar-refractivity contribution in [1.29, 1.82) is 0 Å². The topological polar surface area (TPSA) is 9.86 Å². The van der Waals surface area contributed by atoms with E-state index in [0.29, 0.717) is 0 Å².